The van der Waals surface area contributed by atoms with E-state index < -0.39 is 16.8 Å². The van der Waals surface area contributed by atoms with Crippen molar-refractivity contribution in [2.45, 2.75) is 96.1 Å². The van der Waals surface area contributed by atoms with Gasteiger partial charge in [0.15, 0.2) is 0 Å². The van der Waals surface area contributed by atoms with Crippen molar-refractivity contribution < 1.29 is 19.7 Å². The summed E-state index contributed by atoms with van der Waals surface area (Å²) in [6, 6.07) is 0. The molecule has 138 valence electrons. The zero-order valence-electron chi connectivity index (χ0n) is 15.8. The van der Waals surface area contributed by atoms with Gasteiger partial charge in [-0.15, -0.1) is 0 Å². The van der Waals surface area contributed by atoms with Crippen LogP contribution in [0.1, 0.15) is 73.1 Å². The molecule has 0 amide bonds. The second-order valence-corrected chi connectivity index (χ2v) is 9.01. The van der Waals surface area contributed by atoms with Crippen molar-refractivity contribution in [3.63, 3.8) is 0 Å². The van der Waals surface area contributed by atoms with Gasteiger partial charge in [-0.25, -0.2) is 0 Å². The highest BCUT2D eigenvalue weighted by Crippen LogP contribution is 2.40. The fourth-order valence-corrected chi connectivity index (χ4v) is 4.01. The van der Waals surface area contributed by atoms with Gasteiger partial charge in [-0.2, -0.15) is 0 Å². The molecule has 5 unspecified atom stereocenters. The summed E-state index contributed by atoms with van der Waals surface area (Å²) in [5.74, 6) is 0.669. The van der Waals surface area contributed by atoms with Gasteiger partial charge in [-0.1, -0.05) is 26.0 Å². The number of fused-ring (bicyclic) bond motifs is 2. The SMILES string of the molecule is CC(C)C1C=CC(C)(O)CC(=O)CC2(C)CCC(O2)C(C)(O)CC1. The lowest BCUT2D eigenvalue weighted by Crippen LogP contribution is -2.42. The number of carbonyl (C=O) groups excluding carboxylic acids is 1. The lowest BCUT2D eigenvalue weighted by atomic mass is 9.82. The molecule has 0 spiro atoms. The van der Waals surface area contributed by atoms with E-state index in [1.807, 2.05) is 19.9 Å². The maximum atomic E-state index is 12.4. The van der Waals surface area contributed by atoms with E-state index in [2.05, 4.69) is 13.8 Å². The van der Waals surface area contributed by atoms with Crippen LogP contribution in [0.3, 0.4) is 0 Å². The number of hydrogen-bond donors (Lipinski definition) is 2. The van der Waals surface area contributed by atoms with Crippen LogP contribution in [-0.2, 0) is 9.53 Å². The molecule has 1 fully saturated rings. The molecule has 0 aromatic rings. The molecule has 4 nitrogen and oxygen atoms in total. The van der Waals surface area contributed by atoms with E-state index in [0.717, 1.165) is 19.3 Å². The van der Waals surface area contributed by atoms with Gasteiger partial charge in [0.05, 0.1) is 22.9 Å². The summed E-state index contributed by atoms with van der Waals surface area (Å²) in [7, 11) is 0. The Morgan fingerprint density at radius 2 is 1.79 bits per heavy atom. The maximum absolute atomic E-state index is 12.4. The predicted octanol–water partition coefficient (Wildman–Crippen LogP) is 3.40. The summed E-state index contributed by atoms with van der Waals surface area (Å²) < 4.78 is 6.14. The summed E-state index contributed by atoms with van der Waals surface area (Å²) in [6.07, 6.45) is 6.98. The molecule has 1 saturated heterocycles. The molecular weight excluding hydrogens is 304 g/mol. The van der Waals surface area contributed by atoms with Crippen molar-refractivity contribution in [2.75, 3.05) is 0 Å². The molecule has 2 aliphatic rings. The van der Waals surface area contributed by atoms with Gasteiger partial charge in [-0.05, 0) is 58.3 Å². The molecule has 2 rings (SSSR count). The molecule has 0 aliphatic carbocycles. The Labute approximate surface area is 146 Å². The summed E-state index contributed by atoms with van der Waals surface area (Å²) in [5, 5.41) is 21.5. The highest BCUT2D eigenvalue weighted by atomic mass is 16.5. The lowest BCUT2D eigenvalue weighted by Gasteiger charge is -2.33. The molecular formula is C20H34O4. The number of rotatable bonds is 1. The van der Waals surface area contributed by atoms with Crippen LogP contribution in [0.5, 0.6) is 0 Å². The first-order valence-electron chi connectivity index (χ1n) is 9.26. The van der Waals surface area contributed by atoms with E-state index in [-0.39, 0.29) is 30.6 Å². The van der Waals surface area contributed by atoms with E-state index >= 15 is 0 Å². The van der Waals surface area contributed by atoms with Crippen molar-refractivity contribution in [1.82, 2.24) is 0 Å². The molecule has 2 heterocycles. The average Bonchev–Trinajstić information content (AvgIpc) is 2.79. The third-order valence-electron chi connectivity index (χ3n) is 5.72. The van der Waals surface area contributed by atoms with Crippen LogP contribution in [0.4, 0.5) is 0 Å². The summed E-state index contributed by atoms with van der Waals surface area (Å²) in [5.41, 5.74) is -2.55. The third-order valence-corrected chi connectivity index (χ3v) is 5.72. The molecule has 0 aromatic heterocycles. The molecule has 2 N–H and O–H groups in total. The van der Waals surface area contributed by atoms with Crippen LogP contribution < -0.4 is 0 Å². The van der Waals surface area contributed by atoms with E-state index in [1.54, 1.807) is 13.0 Å². The number of carbonyl (C=O) groups is 1. The number of ether oxygens (including phenoxy) is 1. The van der Waals surface area contributed by atoms with E-state index in [0.29, 0.717) is 12.3 Å². The van der Waals surface area contributed by atoms with Gasteiger partial charge in [0.1, 0.15) is 5.78 Å². The van der Waals surface area contributed by atoms with E-state index in [9.17, 15) is 15.0 Å². The minimum Gasteiger partial charge on any atom is -0.387 e. The first-order valence-corrected chi connectivity index (χ1v) is 9.26. The third kappa shape index (κ3) is 4.90. The van der Waals surface area contributed by atoms with E-state index in [4.69, 9.17) is 4.74 Å². The first kappa shape index (κ1) is 19.6. The van der Waals surface area contributed by atoms with Gasteiger partial charge in [-0.3, -0.25) is 4.79 Å². The summed E-state index contributed by atoms with van der Waals surface area (Å²) >= 11 is 0. The second-order valence-electron chi connectivity index (χ2n) is 9.01. The van der Waals surface area contributed by atoms with E-state index in [1.165, 1.54) is 0 Å². The van der Waals surface area contributed by atoms with Crippen molar-refractivity contribution in [3.05, 3.63) is 12.2 Å². The van der Waals surface area contributed by atoms with Crippen LogP contribution in [-0.4, -0.2) is 38.9 Å². The molecule has 0 saturated carbocycles. The quantitative estimate of drug-likeness (QED) is 0.719. The number of hydrogen-bond acceptors (Lipinski definition) is 4. The standard InChI is InChI=1S/C20H34O4/c1-14(2)15-6-9-18(3,22)12-16(21)13-19(4)10-8-17(24-19)20(5,23)11-7-15/h6,9,14-15,17,22-23H,7-8,10-13H2,1-5H3. The van der Waals surface area contributed by atoms with Crippen LogP contribution in [0.25, 0.3) is 0 Å². The van der Waals surface area contributed by atoms with Gasteiger partial charge in [0.2, 0.25) is 0 Å². The Morgan fingerprint density at radius 1 is 1.12 bits per heavy atom. The summed E-state index contributed by atoms with van der Waals surface area (Å²) in [6.45, 7) is 9.77. The summed E-state index contributed by atoms with van der Waals surface area (Å²) in [4.78, 5) is 12.4. The zero-order valence-corrected chi connectivity index (χ0v) is 15.8. The number of aliphatic hydroxyl groups is 2. The smallest absolute Gasteiger partial charge is 0.138 e. The minimum absolute atomic E-state index is 0.00721. The van der Waals surface area contributed by atoms with Crippen LogP contribution in [0.15, 0.2) is 12.2 Å². The van der Waals surface area contributed by atoms with Crippen LogP contribution in [0, 0.1) is 11.8 Å². The zero-order chi connectivity index (χ0) is 18.2. The molecule has 24 heavy (non-hydrogen) atoms. The second kappa shape index (κ2) is 6.89. The lowest BCUT2D eigenvalue weighted by molar-refractivity contribution is -0.143. The Bertz CT molecular complexity index is 492. The monoisotopic (exact) mass is 338 g/mol. The molecule has 4 heteroatoms. The van der Waals surface area contributed by atoms with Crippen molar-refractivity contribution in [2.24, 2.45) is 11.8 Å². The minimum atomic E-state index is -1.13. The molecule has 5 atom stereocenters. The normalized spacial score (nSPS) is 44.9. The van der Waals surface area contributed by atoms with Crippen molar-refractivity contribution in [1.29, 1.82) is 0 Å². The number of Topliss-reactive ketones (excluding diaryl/α,β-unsaturated/α-hetero) is 1. The Kier molecular flexibility index (Phi) is 5.63. The van der Waals surface area contributed by atoms with Crippen LogP contribution in [0.2, 0.25) is 0 Å². The highest BCUT2D eigenvalue weighted by molar-refractivity contribution is 5.80. The maximum Gasteiger partial charge on any atom is 0.138 e. The van der Waals surface area contributed by atoms with Crippen molar-refractivity contribution >= 4 is 5.78 Å². The Hall–Kier alpha value is -0.710. The van der Waals surface area contributed by atoms with Crippen LogP contribution >= 0.6 is 0 Å². The fourth-order valence-electron chi connectivity index (χ4n) is 4.01. The van der Waals surface area contributed by atoms with Crippen molar-refractivity contribution in [3.8, 4) is 0 Å². The Morgan fingerprint density at radius 3 is 2.42 bits per heavy atom. The number of ketones is 1. The highest BCUT2D eigenvalue weighted by Gasteiger charge is 2.45. The topological polar surface area (TPSA) is 66.8 Å². The Balaban J connectivity index is 2.28. The predicted molar refractivity (Wildman–Crippen MR) is 94.7 cm³/mol. The van der Waals surface area contributed by atoms with Gasteiger partial charge in [0.25, 0.3) is 0 Å². The van der Waals surface area contributed by atoms with Gasteiger partial charge in [0, 0.05) is 12.8 Å². The molecule has 0 radical (unpaired) electrons. The first-order chi connectivity index (χ1) is 10.9. The number of allylic oxidation sites excluding steroid dienone is 1. The molecule has 2 aliphatic heterocycles. The average molecular weight is 338 g/mol. The fraction of sp³-hybridized carbons (Fsp3) is 0.850. The molecule has 0 aromatic carbocycles. The van der Waals surface area contributed by atoms with Gasteiger partial charge >= 0.3 is 0 Å². The largest absolute Gasteiger partial charge is 0.387 e. The van der Waals surface area contributed by atoms with Gasteiger partial charge < -0.3 is 14.9 Å². The molecule has 2 bridgehead atoms.